The number of nitrogens with one attached hydrogen (secondary N) is 1. The largest absolute Gasteiger partial charge is 0.377 e. The fraction of sp³-hybridized carbons (Fsp3) is 1.00. The van der Waals surface area contributed by atoms with Crippen molar-refractivity contribution in [3.8, 4) is 0 Å². The first-order chi connectivity index (χ1) is 7.77. The van der Waals surface area contributed by atoms with Crippen LogP contribution in [-0.4, -0.2) is 38.5 Å². The minimum Gasteiger partial charge on any atom is -0.377 e. The van der Waals surface area contributed by atoms with Gasteiger partial charge in [0.15, 0.2) is 0 Å². The topological polar surface area (TPSA) is 30.5 Å². The quantitative estimate of drug-likeness (QED) is 0.692. The Morgan fingerprint density at radius 3 is 2.81 bits per heavy atom. The smallest absolute Gasteiger partial charge is 0.0809 e. The molecule has 3 nitrogen and oxygen atoms in total. The summed E-state index contributed by atoms with van der Waals surface area (Å²) in [5.74, 6) is 0.671. The van der Waals surface area contributed by atoms with E-state index < -0.39 is 0 Å². The Balaban J connectivity index is 2.15. The van der Waals surface area contributed by atoms with Gasteiger partial charge in [0.25, 0.3) is 0 Å². The van der Waals surface area contributed by atoms with Gasteiger partial charge in [-0.15, -0.1) is 0 Å². The van der Waals surface area contributed by atoms with Crippen LogP contribution in [-0.2, 0) is 9.47 Å². The van der Waals surface area contributed by atoms with E-state index in [1.54, 1.807) is 0 Å². The highest BCUT2D eigenvalue weighted by Gasteiger charge is 2.18. The van der Waals surface area contributed by atoms with Crippen LogP contribution >= 0.6 is 0 Å². The Morgan fingerprint density at radius 2 is 2.25 bits per heavy atom. The summed E-state index contributed by atoms with van der Waals surface area (Å²) in [6.07, 6.45) is 3.89. The van der Waals surface area contributed by atoms with Crippen LogP contribution < -0.4 is 5.32 Å². The Hall–Kier alpha value is -0.120. The lowest BCUT2D eigenvalue weighted by Gasteiger charge is -2.24. The first-order valence-electron chi connectivity index (χ1n) is 6.70. The average molecular weight is 229 g/mol. The normalized spacial score (nSPS) is 24.6. The van der Waals surface area contributed by atoms with Crippen molar-refractivity contribution in [3.05, 3.63) is 0 Å². The highest BCUT2D eigenvalue weighted by atomic mass is 16.5. The van der Waals surface area contributed by atoms with E-state index in [1.165, 1.54) is 12.8 Å². The van der Waals surface area contributed by atoms with Crippen LogP contribution in [0.5, 0.6) is 0 Å². The van der Waals surface area contributed by atoms with Gasteiger partial charge in [0, 0.05) is 12.6 Å². The molecule has 1 N–H and O–H groups in total. The third-order valence-electron chi connectivity index (χ3n) is 3.42. The zero-order valence-electron chi connectivity index (χ0n) is 11.0. The van der Waals surface area contributed by atoms with Gasteiger partial charge in [-0.25, -0.2) is 0 Å². The van der Waals surface area contributed by atoms with E-state index >= 15 is 0 Å². The maximum absolute atomic E-state index is 5.77. The number of hydrogen-bond donors (Lipinski definition) is 1. The Kier molecular flexibility index (Phi) is 7.01. The van der Waals surface area contributed by atoms with E-state index in [0.29, 0.717) is 18.1 Å². The molecule has 0 aromatic carbocycles. The van der Waals surface area contributed by atoms with Gasteiger partial charge in [0.2, 0.25) is 0 Å². The molecule has 96 valence electrons. The molecule has 3 heteroatoms. The molecule has 0 saturated carbocycles. The lowest BCUT2D eigenvalue weighted by atomic mass is 10.00. The summed E-state index contributed by atoms with van der Waals surface area (Å²) in [7, 11) is 0. The predicted molar refractivity (Wildman–Crippen MR) is 66.7 cm³/mol. The minimum atomic E-state index is 0.346. The van der Waals surface area contributed by atoms with Gasteiger partial charge in [-0.05, 0) is 25.3 Å². The van der Waals surface area contributed by atoms with Crippen molar-refractivity contribution in [3.63, 3.8) is 0 Å². The van der Waals surface area contributed by atoms with Crippen molar-refractivity contribution < 1.29 is 9.47 Å². The van der Waals surface area contributed by atoms with Crippen molar-refractivity contribution in [1.82, 2.24) is 5.32 Å². The molecule has 0 spiro atoms. The molecule has 1 aliphatic heterocycles. The summed E-state index contributed by atoms with van der Waals surface area (Å²) >= 11 is 0. The van der Waals surface area contributed by atoms with E-state index in [9.17, 15) is 0 Å². The van der Waals surface area contributed by atoms with Crippen molar-refractivity contribution in [1.29, 1.82) is 0 Å². The van der Waals surface area contributed by atoms with E-state index in [-0.39, 0.29) is 0 Å². The third-order valence-corrected chi connectivity index (χ3v) is 3.42. The molecule has 0 bridgehead atoms. The zero-order valence-corrected chi connectivity index (χ0v) is 11.0. The van der Waals surface area contributed by atoms with E-state index in [4.69, 9.17) is 9.47 Å². The van der Waals surface area contributed by atoms with Crippen LogP contribution in [0.3, 0.4) is 0 Å². The van der Waals surface area contributed by atoms with Gasteiger partial charge in [-0.2, -0.15) is 0 Å². The average Bonchev–Trinajstić information content (AvgIpc) is 2.80. The summed E-state index contributed by atoms with van der Waals surface area (Å²) in [6.45, 7) is 10.2. The molecule has 3 unspecified atom stereocenters. The van der Waals surface area contributed by atoms with Crippen LogP contribution in [0.2, 0.25) is 0 Å². The molecule has 1 saturated heterocycles. The number of rotatable bonds is 8. The molecule has 1 rings (SSSR count). The van der Waals surface area contributed by atoms with Crippen molar-refractivity contribution in [2.45, 2.75) is 52.2 Å². The maximum Gasteiger partial charge on any atom is 0.0809 e. The molecule has 1 aliphatic rings. The highest BCUT2D eigenvalue weighted by molar-refractivity contribution is 4.72. The Labute approximate surface area is 99.9 Å². The summed E-state index contributed by atoms with van der Waals surface area (Å²) in [6, 6.07) is 0.483. The van der Waals surface area contributed by atoms with Gasteiger partial charge in [-0.3, -0.25) is 0 Å². The first kappa shape index (κ1) is 13.9. The zero-order chi connectivity index (χ0) is 11.8. The monoisotopic (exact) mass is 229 g/mol. The van der Waals surface area contributed by atoms with Gasteiger partial charge < -0.3 is 14.8 Å². The Morgan fingerprint density at radius 1 is 1.44 bits per heavy atom. The highest BCUT2D eigenvalue weighted by Crippen LogP contribution is 2.13. The summed E-state index contributed by atoms with van der Waals surface area (Å²) in [4.78, 5) is 0. The standard InChI is InChI=1S/C13H27NO2/c1-4-11(3)13(14-5-2)10-15-9-12-7-6-8-16-12/h11-14H,4-10H2,1-3H3. The van der Waals surface area contributed by atoms with Crippen molar-refractivity contribution >= 4 is 0 Å². The fourth-order valence-electron chi connectivity index (χ4n) is 2.07. The lowest BCUT2D eigenvalue weighted by molar-refractivity contribution is 0.00547. The van der Waals surface area contributed by atoms with Crippen LogP contribution in [0.25, 0.3) is 0 Å². The second-order valence-electron chi connectivity index (χ2n) is 4.72. The predicted octanol–water partition coefficient (Wildman–Crippen LogP) is 2.21. The van der Waals surface area contributed by atoms with Crippen LogP contribution in [0, 0.1) is 5.92 Å². The Bertz CT molecular complexity index is 169. The molecule has 0 aromatic rings. The third kappa shape index (κ3) is 4.81. The molecule has 0 radical (unpaired) electrons. The van der Waals surface area contributed by atoms with Gasteiger partial charge >= 0.3 is 0 Å². The van der Waals surface area contributed by atoms with Crippen molar-refractivity contribution in [2.24, 2.45) is 5.92 Å². The van der Waals surface area contributed by atoms with Gasteiger partial charge in [0.05, 0.1) is 19.3 Å². The SMILES string of the molecule is CCNC(COCC1CCCO1)C(C)CC. The van der Waals surface area contributed by atoms with Crippen LogP contribution in [0.4, 0.5) is 0 Å². The van der Waals surface area contributed by atoms with Gasteiger partial charge in [-0.1, -0.05) is 27.2 Å². The molecule has 0 aromatic heterocycles. The molecule has 0 amide bonds. The molecular weight excluding hydrogens is 202 g/mol. The lowest BCUT2D eigenvalue weighted by Crippen LogP contribution is -2.39. The summed E-state index contributed by atoms with van der Waals surface area (Å²) in [5.41, 5.74) is 0. The molecular formula is C13H27NO2. The molecule has 1 heterocycles. The van der Waals surface area contributed by atoms with E-state index in [2.05, 4.69) is 26.1 Å². The van der Waals surface area contributed by atoms with E-state index in [0.717, 1.165) is 32.8 Å². The van der Waals surface area contributed by atoms with Gasteiger partial charge in [0.1, 0.15) is 0 Å². The van der Waals surface area contributed by atoms with Crippen LogP contribution in [0.1, 0.15) is 40.0 Å². The molecule has 16 heavy (non-hydrogen) atoms. The number of ether oxygens (including phenoxy) is 2. The fourth-order valence-corrected chi connectivity index (χ4v) is 2.07. The second kappa shape index (κ2) is 8.04. The first-order valence-corrected chi connectivity index (χ1v) is 6.70. The van der Waals surface area contributed by atoms with E-state index in [1.807, 2.05) is 0 Å². The minimum absolute atomic E-state index is 0.346. The molecule has 0 aliphatic carbocycles. The number of hydrogen-bond acceptors (Lipinski definition) is 3. The molecule has 1 fully saturated rings. The summed E-state index contributed by atoms with van der Waals surface area (Å²) in [5, 5.41) is 3.49. The summed E-state index contributed by atoms with van der Waals surface area (Å²) < 4.78 is 11.3. The van der Waals surface area contributed by atoms with Crippen molar-refractivity contribution in [2.75, 3.05) is 26.4 Å². The second-order valence-corrected chi connectivity index (χ2v) is 4.72. The number of likely N-dealkylation sites (N-methyl/N-ethyl adjacent to an activating group) is 1. The molecule has 3 atom stereocenters. The van der Waals surface area contributed by atoms with Crippen LogP contribution in [0.15, 0.2) is 0 Å². The maximum atomic E-state index is 5.77.